The van der Waals surface area contributed by atoms with Crippen LogP contribution in [0.1, 0.15) is 100 Å². The second kappa shape index (κ2) is 42.2. The molecule has 0 aliphatic carbocycles. The number of methoxy groups -OCH3 is 4. The smallest absolute Gasteiger partial charge is 0.550 e. The number of carbonyl (C=O) groups excluding carboxylic acids is 10. The van der Waals surface area contributed by atoms with E-state index in [-0.39, 0.29) is 100 Å². The zero-order chi connectivity index (χ0) is 82.9. The maximum absolute atomic E-state index is 13.0. The predicted molar refractivity (Wildman–Crippen MR) is 421 cm³/mol. The number of fused-ring (bicyclic) bond motifs is 4. The minimum atomic E-state index is -1.20. The largest absolute Gasteiger partial charge is 2.00 e. The Kier molecular flexibility index (Phi) is 34.7. The average molecular weight is 1730 g/mol. The number of aromatic nitrogens is 4. The molecule has 0 saturated carbocycles. The number of carbonyl (C=O) groups is 10. The average Bonchev–Trinajstić information content (AvgIpc) is 1.63. The van der Waals surface area contributed by atoms with Gasteiger partial charge in [0.1, 0.15) is 23.0 Å². The summed E-state index contributed by atoms with van der Waals surface area (Å²) in [6.45, 7) is 9.94. The summed E-state index contributed by atoms with van der Waals surface area (Å²) in [6, 6.07) is 47.0. The molecule has 0 N–H and O–H groups in total. The van der Waals surface area contributed by atoms with E-state index >= 15 is 0 Å². The summed E-state index contributed by atoms with van der Waals surface area (Å²) in [6.07, 6.45) is -1.13. The standard InChI is InChI=1S/4C19H16ClNO4.2C4H9NO.2Zn/c4*1-11-15(10-18(22)23)16-9-14(25-2)7-8-17(16)21(11)19(24)12-3-5-13(20)6-4-12;2*1-4(6)5(2)3;;/h4*3-9H,10H2,1-2H3,(H,22,23);2*1-3H3;;/q;;;;;;2*+2/p-4. The number of nitrogens with zero attached hydrogens (tertiary/aromatic N) is 6. The Balaban J connectivity index is 0.000000257. The zero-order valence-electron chi connectivity index (χ0n) is 65.0. The van der Waals surface area contributed by atoms with Crippen LogP contribution in [0.4, 0.5) is 0 Å². The molecule has 114 heavy (non-hydrogen) atoms. The Morgan fingerprint density at radius 2 is 0.465 bits per heavy atom. The van der Waals surface area contributed by atoms with E-state index < -0.39 is 23.9 Å². The molecule has 0 unspecified atom stereocenters. The molecule has 12 rings (SSSR count). The Bertz CT molecular complexity index is 4890. The molecule has 30 heteroatoms. The van der Waals surface area contributed by atoms with Crippen molar-refractivity contribution in [3.05, 3.63) is 257 Å². The third-order valence-corrected chi connectivity index (χ3v) is 18.9. The molecule has 0 fully saturated rings. The Morgan fingerprint density at radius 1 is 0.307 bits per heavy atom. The topological polar surface area (TPSA) is 326 Å². The first-order valence-corrected chi connectivity index (χ1v) is 35.6. The third kappa shape index (κ3) is 23.1. The van der Waals surface area contributed by atoms with Crippen LogP contribution in [0.5, 0.6) is 23.0 Å². The first-order chi connectivity index (χ1) is 53.0. The molecule has 0 spiro atoms. The van der Waals surface area contributed by atoms with E-state index in [1.165, 1.54) is 70.4 Å². The Morgan fingerprint density at radius 3 is 0.596 bits per heavy atom. The summed E-state index contributed by atoms with van der Waals surface area (Å²) < 4.78 is 26.9. The van der Waals surface area contributed by atoms with Crippen LogP contribution in [0.3, 0.4) is 0 Å². The van der Waals surface area contributed by atoms with E-state index in [0.717, 1.165) is 0 Å². The third-order valence-electron chi connectivity index (χ3n) is 17.9. The van der Waals surface area contributed by atoms with Gasteiger partial charge in [-0.25, -0.2) is 0 Å². The van der Waals surface area contributed by atoms with Crippen LogP contribution < -0.4 is 39.4 Å². The Labute approximate surface area is 702 Å². The van der Waals surface area contributed by atoms with Crippen LogP contribution in [-0.4, -0.2) is 144 Å². The van der Waals surface area contributed by atoms with Crippen LogP contribution in [0.25, 0.3) is 43.6 Å². The van der Waals surface area contributed by atoms with Gasteiger partial charge in [0.15, 0.2) is 0 Å². The number of amides is 2. The zero-order valence-corrected chi connectivity index (χ0v) is 73.9. The molecule has 0 aliphatic heterocycles. The summed E-state index contributed by atoms with van der Waals surface area (Å²) in [5.41, 5.74) is 8.72. The van der Waals surface area contributed by atoms with Gasteiger partial charge in [-0.3, -0.25) is 47.0 Å². The first-order valence-electron chi connectivity index (χ1n) is 34.0. The molecule has 0 bridgehead atoms. The molecule has 0 radical (unpaired) electrons. The minimum Gasteiger partial charge on any atom is -0.550 e. The second-order valence-corrected chi connectivity index (χ2v) is 27.1. The van der Waals surface area contributed by atoms with Crippen LogP contribution >= 0.6 is 46.4 Å². The molecule has 12 aromatic rings. The summed E-state index contributed by atoms with van der Waals surface area (Å²) in [7, 11) is 13.0. The number of hydrogen-bond acceptors (Lipinski definition) is 18. The number of rotatable bonds is 16. The van der Waals surface area contributed by atoms with Gasteiger partial charge in [-0.05, 0) is 220 Å². The van der Waals surface area contributed by atoms with Crippen molar-refractivity contribution >= 4 is 149 Å². The number of halogens is 4. The quantitative estimate of drug-likeness (QED) is 0.0811. The molecular formula is C84H78Cl4N6O18Zn2. The number of carboxylic acids is 4. The van der Waals surface area contributed by atoms with Crippen molar-refractivity contribution in [1.29, 1.82) is 0 Å². The molecule has 0 atom stereocenters. The number of hydrogen-bond donors (Lipinski definition) is 0. The summed E-state index contributed by atoms with van der Waals surface area (Å²) in [5, 5.41) is 49.4. The van der Waals surface area contributed by atoms with Crippen LogP contribution in [0.15, 0.2) is 170 Å². The number of ether oxygens (including phenoxy) is 4. The molecule has 8 aromatic carbocycles. The van der Waals surface area contributed by atoms with Gasteiger partial charge in [-0.2, -0.15) is 0 Å². The first kappa shape index (κ1) is 93.6. The van der Waals surface area contributed by atoms with Crippen molar-refractivity contribution in [2.24, 2.45) is 0 Å². The van der Waals surface area contributed by atoms with Crippen LogP contribution in [-0.2, 0) is 93.4 Å². The molecule has 0 aliphatic rings. The van der Waals surface area contributed by atoms with Crippen LogP contribution in [0.2, 0.25) is 20.1 Å². The van der Waals surface area contributed by atoms with Crippen molar-refractivity contribution < 1.29 is 126 Å². The summed E-state index contributed by atoms with van der Waals surface area (Å²) in [5.74, 6) is -3.31. The summed E-state index contributed by atoms with van der Waals surface area (Å²) in [4.78, 5) is 120. The van der Waals surface area contributed by atoms with Crippen molar-refractivity contribution in [2.45, 2.75) is 67.2 Å². The molecule has 4 aromatic heterocycles. The fourth-order valence-electron chi connectivity index (χ4n) is 11.8. The monoisotopic (exact) mass is 1730 g/mol. The van der Waals surface area contributed by atoms with Gasteiger partial charge < -0.3 is 68.4 Å². The van der Waals surface area contributed by atoms with E-state index in [1.807, 2.05) is 0 Å². The van der Waals surface area contributed by atoms with Crippen molar-refractivity contribution in [3.8, 4) is 23.0 Å². The minimum absolute atomic E-state index is 0. The SMILES string of the molecule is CC(=O)N(C)C.CC(=O)N(C)C.COc1ccc2c(c1)c(CC(=O)[O-])c(C)n2C(=O)c1ccc(Cl)cc1.COc1ccc2c(c1)c(CC(=O)[O-])c(C)n2C(=O)c1ccc(Cl)cc1.COc1ccc2c(c1)c(CC(=O)[O-])c(C)n2C(=O)c1ccc(Cl)cc1.COc1ccc2c(c1)c(CC(=O)[O-])c(C)n2C(=O)c1ccc(Cl)cc1.[Zn+2].[Zn+2]. The van der Waals surface area contributed by atoms with E-state index in [9.17, 15) is 68.4 Å². The van der Waals surface area contributed by atoms with Gasteiger partial charge in [-0.1, -0.05) is 46.4 Å². The van der Waals surface area contributed by atoms with Crippen molar-refractivity contribution in [3.63, 3.8) is 0 Å². The van der Waals surface area contributed by atoms with E-state index in [4.69, 9.17) is 65.4 Å². The molecule has 24 nitrogen and oxygen atoms in total. The van der Waals surface area contributed by atoms with Gasteiger partial charge in [0.05, 0.1) is 50.5 Å². The van der Waals surface area contributed by atoms with Gasteiger partial charge >= 0.3 is 39.0 Å². The molecule has 2 amide bonds. The molecular weight excluding hydrogens is 1650 g/mol. The number of carboxylic acid groups (broad SMARTS) is 4. The fraction of sp³-hybridized carbons (Fsp3) is 0.214. The van der Waals surface area contributed by atoms with E-state index in [0.29, 0.717) is 154 Å². The van der Waals surface area contributed by atoms with Gasteiger partial charge in [-0.15, -0.1) is 0 Å². The Hall–Kier alpha value is -11.0. The number of aliphatic carboxylic acids is 4. The normalized spacial score (nSPS) is 10.3. The second-order valence-electron chi connectivity index (χ2n) is 25.4. The van der Waals surface area contributed by atoms with Crippen molar-refractivity contribution in [1.82, 2.24) is 28.1 Å². The molecule has 584 valence electrons. The maximum Gasteiger partial charge on any atom is 2.00 e. The maximum atomic E-state index is 13.0. The van der Waals surface area contributed by atoms with E-state index in [1.54, 1.807) is 226 Å². The predicted octanol–water partition coefficient (Wildman–Crippen LogP) is 10.6. The fourth-order valence-corrected chi connectivity index (χ4v) is 12.3. The van der Waals surface area contributed by atoms with Gasteiger partial charge in [0, 0.05) is 178 Å². The van der Waals surface area contributed by atoms with Crippen molar-refractivity contribution in [2.75, 3.05) is 56.6 Å². The van der Waals surface area contributed by atoms with E-state index in [2.05, 4.69) is 0 Å². The van der Waals surface area contributed by atoms with Crippen LogP contribution in [0, 0.1) is 27.7 Å². The number of benzene rings is 8. The van der Waals surface area contributed by atoms with Gasteiger partial charge in [0.25, 0.3) is 23.6 Å². The summed E-state index contributed by atoms with van der Waals surface area (Å²) >= 11 is 23.5. The molecule has 0 saturated heterocycles. The van der Waals surface area contributed by atoms with Gasteiger partial charge in [0.2, 0.25) is 11.8 Å². The molecule has 4 heterocycles.